The van der Waals surface area contributed by atoms with E-state index in [1.165, 1.54) is 28.4 Å². The number of aromatic nitrogens is 1. The van der Waals surface area contributed by atoms with Crippen molar-refractivity contribution in [2.75, 3.05) is 11.9 Å². The molecule has 0 saturated heterocycles. The van der Waals surface area contributed by atoms with Crippen LogP contribution in [0.3, 0.4) is 0 Å². The lowest BCUT2D eigenvalue weighted by Gasteiger charge is -2.13. The monoisotopic (exact) mass is 469 g/mol. The predicted molar refractivity (Wildman–Crippen MR) is 123 cm³/mol. The maximum Gasteiger partial charge on any atom is 0.261 e. The minimum atomic E-state index is -0.311. The first kappa shape index (κ1) is 22.2. The molecule has 0 atom stereocenters. The summed E-state index contributed by atoms with van der Waals surface area (Å²) in [6.07, 6.45) is 0.560. The number of carbonyl (C=O) groups excluding carboxylic acids is 3. The maximum absolute atomic E-state index is 12.9. The average Bonchev–Trinajstić information content (AvgIpc) is 3.33. The van der Waals surface area contributed by atoms with Crippen LogP contribution in [-0.2, 0) is 16.3 Å². The Morgan fingerprint density at radius 2 is 1.72 bits per heavy atom. The van der Waals surface area contributed by atoms with Crippen molar-refractivity contribution in [1.29, 1.82) is 0 Å². The van der Waals surface area contributed by atoms with Gasteiger partial charge in [-0.1, -0.05) is 24.3 Å². The lowest BCUT2D eigenvalue weighted by Crippen LogP contribution is -2.31. The number of thiazole rings is 1. The van der Waals surface area contributed by atoms with Crippen LogP contribution in [0.2, 0.25) is 0 Å². The van der Waals surface area contributed by atoms with Gasteiger partial charge in [0.05, 0.1) is 16.8 Å². The third kappa shape index (κ3) is 5.23. The van der Waals surface area contributed by atoms with E-state index in [0.717, 1.165) is 17.0 Å². The van der Waals surface area contributed by atoms with E-state index in [9.17, 15) is 18.8 Å². The fourth-order valence-corrected chi connectivity index (χ4v) is 5.03. The van der Waals surface area contributed by atoms with Gasteiger partial charge >= 0.3 is 0 Å². The second kappa shape index (κ2) is 10.1. The first-order chi connectivity index (χ1) is 15.5. The SMILES string of the molecule is O=C(CCCN1C(=O)c2ccccc2C1=O)Nc1nc(CSCc2ccc(F)cc2)cs1. The van der Waals surface area contributed by atoms with Crippen LogP contribution in [0.5, 0.6) is 0 Å². The van der Waals surface area contributed by atoms with Crippen LogP contribution < -0.4 is 5.32 Å². The maximum atomic E-state index is 12.9. The van der Waals surface area contributed by atoms with Crippen LogP contribution in [-0.4, -0.2) is 34.2 Å². The minimum absolute atomic E-state index is 0.182. The molecule has 0 saturated carbocycles. The summed E-state index contributed by atoms with van der Waals surface area (Å²) in [7, 11) is 0. The van der Waals surface area contributed by atoms with Gasteiger partial charge in [0.25, 0.3) is 11.8 Å². The third-order valence-corrected chi connectivity index (χ3v) is 6.74. The number of hydrogen-bond acceptors (Lipinski definition) is 6. The normalized spacial score (nSPS) is 12.8. The fourth-order valence-electron chi connectivity index (χ4n) is 3.31. The number of amides is 3. The Kier molecular flexibility index (Phi) is 6.96. The number of fused-ring (bicyclic) bond motifs is 1. The molecular weight excluding hydrogens is 449 g/mol. The number of imide groups is 1. The standard InChI is InChI=1S/C23H20FN3O3S2/c24-16-9-7-15(8-10-16)12-31-13-17-14-32-23(25-17)26-20(28)6-3-11-27-21(29)18-4-1-2-5-19(18)22(27)30/h1-2,4-5,7-10,14H,3,6,11-13H2,(H,25,26,28). The third-order valence-electron chi connectivity index (χ3n) is 4.89. The molecule has 32 heavy (non-hydrogen) atoms. The Balaban J connectivity index is 1.19. The lowest BCUT2D eigenvalue weighted by molar-refractivity contribution is -0.116. The van der Waals surface area contributed by atoms with E-state index in [2.05, 4.69) is 10.3 Å². The summed E-state index contributed by atoms with van der Waals surface area (Å²) in [5.74, 6) is 0.354. The molecule has 0 bridgehead atoms. The number of benzene rings is 2. The van der Waals surface area contributed by atoms with E-state index in [4.69, 9.17) is 0 Å². The summed E-state index contributed by atoms with van der Waals surface area (Å²) < 4.78 is 12.9. The summed E-state index contributed by atoms with van der Waals surface area (Å²) in [6, 6.07) is 13.1. The highest BCUT2D eigenvalue weighted by atomic mass is 32.2. The van der Waals surface area contributed by atoms with E-state index >= 15 is 0 Å². The smallest absolute Gasteiger partial charge is 0.261 e. The number of nitrogens with one attached hydrogen (secondary N) is 1. The average molecular weight is 470 g/mol. The number of anilines is 1. The molecule has 2 aromatic carbocycles. The number of thioether (sulfide) groups is 1. The number of halogens is 1. The van der Waals surface area contributed by atoms with E-state index in [-0.39, 0.29) is 36.5 Å². The summed E-state index contributed by atoms with van der Waals surface area (Å²) in [4.78, 5) is 42.5. The van der Waals surface area contributed by atoms with Gasteiger partial charge in [0.15, 0.2) is 5.13 Å². The van der Waals surface area contributed by atoms with E-state index in [1.807, 2.05) is 5.38 Å². The summed E-state index contributed by atoms with van der Waals surface area (Å²) in [5.41, 5.74) is 2.73. The Labute approximate surface area is 192 Å². The van der Waals surface area contributed by atoms with Gasteiger partial charge in [0, 0.05) is 29.9 Å². The van der Waals surface area contributed by atoms with Gasteiger partial charge in [-0.05, 0) is 36.2 Å². The molecule has 0 unspecified atom stereocenters. The Morgan fingerprint density at radius 3 is 2.41 bits per heavy atom. The Bertz CT molecular complexity index is 1110. The van der Waals surface area contributed by atoms with Crippen LogP contribution in [0, 0.1) is 5.82 Å². The molecule has 4 rings (SSSR count). The highest BCUT2D eigenvalue weighted by Gasteiger charge is 2.34. The zero-order valence-corrected chi connectivity index (χ0v) is 18.7. The summed E-state index contributed by atoms with van der Waals surface area (Å²) in [6.45, 7) is 0.197. The molecule has 0 aliphatic carbocycles. The molecule has 164 valence electrons. The van der Waals surface area contributed by atoms with E-state index in [0.29, 0.717) is 28.4 Å². The number of carbonyl (C=O) groups is 3. The predicted octanol–water partition coefficient (Wildman–Crippen LogP) is 4.73. The molecule has 3 aromatic rings. The Hall–Kier alpha value is -3.04. The molecule has 1 N–H and O–H groups in total. The van der Waals surface area contributed by atoms with Crippen molar-refractivity contribution in [2.24, 2.45) is 0 Å². The molecule has 6 nitrogen and oxygen atoms in total. The molecule has 0 fully saturated rings. The zero-order valence-electron chi connectivity index (χ0n) is 17.0. The van der Waals surface area contributed by atoms with Crippen LogP contribution in [0.15, 0.2) is 53.9 Å². The van der Waals surface area contributed by atoms with Crippen molar-refractivity contribution >= 4 is 46.0 Å². The molecule has 9 heteroatoms. The minimum Gasteiger partial charge on any atom is -0.302 e. The highest BCUT2D eigenvalue weighted by molar-refractivity contribution is 7.97. The molecule has 1 aliphatic rings. The van der Waals surface area contributed by atoms with Gasteiger partial charge < -0.3 is 5.32 Å². The van der Waals surface area contributed by atoms with Gasteiger partial charge in [-0.15, -0.1) is 11.3 Å². The molecule has 2 heterocycles. The van der Waals surface area contributed by atoms with Crippen molar-refractivity contribution in [3.63, 3.8) is 0 Å². The van der Waals surface area contributed by atoms with Crippen molar-refractivity contribution < 1.29 is 18.8 Å². The van der Waals surface area contributed by atoms with Gasteiger partial charge in [-0.2, -0.15) is 11.8 Å². The molecule has 1 aliphatic heterocycles. The molecule has 0 spiro atoms. The van der Waals surface area contributed by atoms with Gasteiger partial charge in [-0.25, -0.2) is 9.37 Å². The number of rotatable bonds is 9. The van der Waals surface area contributed by atoms with Gasteiger partial charge in [0.2, 0.25) is 5.91 Å². The zero-order chi connectivity index (χ0) is 22.5. The summed E-state index contributed by atoms with van der Waals surface area (Å²) >= 11 is 3.01. The van der Waals surface area contributed by atoms with Crippen LogP contribution in [0.25, 0.3) is 0 Å². The van der Waals surface area contributed by atoms with Crippen LogP contribution >= 0.6 is 23.1 Å². The molecular formula is C23H20FN3O3S2. The van der Waals surface area contributed by atoms with Crippen molar-refractivity contribution in [2.45, 2.75) is 24.3 Å². The first-order valence-corrected chi connectivity index (χ1v) is 12.1. The number of nitrogens with zero attached hydrogens (tertiary/aromatic N) is 2. The fraction of sp³-hybridized carbons (Fsp3) is 0.217. The quantitative estimate of drug-likeness (QED) is 0.459. The molecule has 3 amide bonds. The second-order valence-corrected chi connectivity index (χ2v) is 9.07. The van der Waals surface area contributed by atoms with Crippen molar-refractivity contribution in [3.05, 3.63) is 82.1 Å². The molecule has 0 radical (unpaired) electrons. The Morgan fingerprint density at radius 1 is 1.03 bits per heavy atom. The van der Waals surface area contributed by atoms with Crippen molar-refractivity contribution in [1.82, 2.24) is 9.88 Å². The summed E-state index contributed by atoms with van der Waals surface area (Å²) in [5, 5.41) is 5.19. The second-order valence-electron chi connectivity index (χ2n) is 7.22. The number of hydrogen-bond donors (Lipinski definition) is 1. The molecule has 1 aromatic heterocycles. The lowest BCUT2D eigenvalue weighted by atomic mass is 10.1. The van der Waals surface area contributed by atoms with Crippen LogP contribution in [0.4, 0.5) is 9.52 Å². The van der Waals surface area contributed by atoms with Crippen molar-refractivity contribution in [3.8, 4) is 0 Å². The topological polar surface area (TPSA) is 79.4 Å². The highest BCUT2D eigenvalue weighted by Crippen LogP contribution is 2.24. The first-order valence-electron chi connectivity index (χ1n) is 10.0. The van der Waals surface area contributed by atoms with Gasteiger partial charge in [-0.3, -0.25) is 19.3 Å². The largest absolute Gasteiger partial charge is 0.302 e. The van der Waals surface area contributed by atoms with Gasteiger partial charge in [0.1, 0.15) is 5.82 Å². The van der Waals surface area contributed by atoms with E-state index < -0.39 is 0 Å². The van der Waals surface area contributed by atoms with Crippen LogP contribution in [0.1, 0.15) is 44.8 Å². The van der Waals surface area contributed by atoms with E-state index in [1.54, 1.807) is 48.2 Å².